The fourth-order valence-electron chi connectivity index (χ4n) is 4.29. The predicted octanol–water partition coefficient (Wildman–Crippen LogP) is 6.34. The Labute approximate surface area is 162 Å². The van der Waals surface area contributed by atoms with Crippen molar-refractivity contribution in [1.82, 2.24) is 0 Å². The monoisotopic (exact) mass is 376 g/mol. The molecular weight excluding hydrogens is 343 g/mol. The Morgan fingerprint density at radius 3 is 2.59 bits per heavy atom. The topological polar surface area (TPSA) is 50.7 Å². The maximum atomic E-state index is 13.2. The van der Waals surface area contributed by atoms with E-state index in [2.05, 4.69) is 45.1 Å². The lowest BCUT2D eigenvalue weighted by Gasteiger charge is -2.43. The second kappa shape index (κ2) is 9.34. The molecular formula is C22H33FN2O2. The van der Waals surface area contributed by atoms with Crippen molar-refractivity contribution in [2.24, 2.45) is 40.7 Å². The van der Waals surface area contributed by atoms with Gasteiger partial charge in [-0.3, -0.25) is 10.2 Å². The molecule has 1 aromatic carbocycles. The fraction of sp³-hybridized carbons (Fsp3) is 0.636. The Bertz CT molecular complexity index is 676. The van der Waals surface area contributed by atoms with E-state index in [1.165, 1.54) is 31.0 Å². The number of hydrogen-bond acceptors (Lipinski definition) is 3. The Hall–Kier alpha value is -1.91. The third-order valence-electron chi connectivity index (χ3n) is 6.82. The molecule has 1 N–H and O–H groups in total. The van der Waals surface area contributed by atoms with Gasteiger partial charge in [0.05, 0.1) is 5.71 Å². The number of halogens is 1. The van der Waals surface area contributed by atoms with Gasteiger partial charge in [-0.05, 0) is 61.1 Å². The molecule has 27 heavy (non-hydrogen) atoms. The van der Waals surface area contributed by atoms with Gasteiger partial charge in [0.2, 0.25) is 0 Å². The molecule has 4 nitrogen and oxygen atoms in total. The first kappa shape index (κ1) is 21.4. The minimum absolute atomic E-state index is 0.222. The van der Waals surface area contributed by atoms with Gasteiger partial charge in [-0.1, -0.05) is 52.3 Å². The fourth-order valence-corrected chi connectivity index (χ4v) is 4.29. The quantitative estimate of drug-likeness (QED) is 0.370. The summed E-state index contributed by atoms with van der Waals surface area (Å²) in [6.45, 7) is 13.4. The molecule has 0 aliphatic heterocycles. The van der Waals surface area contributed by atoms with Crippen molar-refractivity contribution < 1.29 is 14.0 Å². The summed E-state index contributed by atoms with van der Waals surface area (Å²) in [6.07, 6.45) is 1.80. The van der Waals surface area contributed by atoms with Gasteiger partial charge in [0.25, 0.3) is 0 Å². The third-order valence-corrected chi connectivity index (χ3v) is 6.82. The van der Waals surface area contributed by atoms with Gasteiger partial charge in [0.1, 0.15) is 5.82 Å². The van der Waals surface area contributed by atoms with E-state index in [1.54, 1.807) is 6.07 Å². The van der Waals surface area contributed by atoms with E-state index >= 15 is 0 Å². The largest absolute Gasteiger partial charge is 0.437 e. The molecule has 150 valence electrons. The molecule has 0 bridgehead atoms. The van der Waals surface area contributed by atoms with E-state index in [4.69, 9.17) is 4.84 Å². The van der Waals surface area contributed by atoms with E-state index in [0.29, 0.717) is 23.4 Å². The van der Waals surface area contributed by atoms with Gasteiger partial charge in [-0.25, -0.2) is 9.18 Å². The number of oxime groups is 1. The zero-order chi connectivity index (χ0) is 20.1. The molecule has 2 rings (SSSR count). The average Bonchev–Trinajstić information content (AvgIpc) is 2.63. The molecule has 0 spiro atoms. The van der Waals surface area contributed by atoms with Crippen LogP contribution in [0.15, 0.2) is 29.4 Å². The normalized spacial score (nSPS) is 28.3. The highest BCUT2D eigenvalue weighted by atomic mass is 19.1. The minimum Gasteiger partial charge on any atom is -0.298 e. The molecule has 0 radical (unpaired) electrons. The van der Waals surface area contributed by atoms with Crippen molar-refractivity contribution in [3.63, 3.8) is 0 Å². The molecule has 1 aliphatic carbocycles. The minimum atomic E-state index is -0.715. The lowest BCUT2D eigenvalue weighted by atomic mass is 9.63. The van der Waals surface area contributed by atoms with Crippen LogP contribution < -0.4 is 5.32 Å². The molecule has 1 amide bonds. The zero-order valence-electron chi connectivity index (χ0n) is 17.3. The van der Waals surface area contributed by atoms with Crippen LogP contribution in [0.3, 0.4) is 0 Å². The van der Waals surface area contributed by atoms with Gasteiger partial charge in [0, 0.05) is 11.6 Å². The molecule has 6 unspecified atom stereocenters. The number of rotatable bonds is 5. The van der Waals surface area contributed by atoms with Crippen molar-refractivity contribution in [1.29, 1.82) is 0 Å². The maximum absolute atomic E-state index is 13.2. The summed E-state index contributed by atoms with van der Waals surface area (Å²) in [4.78, 5) is 16.9. The first-order chi connectivity index (χ1) is 12.7. The first-order valence-corrected chi connectivity index (χ1v) is 9.98. The van der Waals surface area contributed by atoms with Crippen LogP contribution in [0.4, 0.5) is 14.9 Å². The number of carbonyl (C=O) groups is 1. The number of benzene rings is 1. The number of hydrogen-bond donors (Lipinski definition) is 1. The van der Waals surface area contributed by atoms with E-state index in [0.717, 1.165) is 17.5 Å². The number of anilines is 1. The van der Waals surface area contributed by atoms with E-state index in [1.807, 2.05) is 6.92 Å². The summed E-state index contributed by atoms with van der Waals surface area (Å²) in [5, 5.41) is 6.51. The molecule has 0 heterocycles. The lowest BCUT2D eigenvalue weighted by molar-refractivity contribution is 0.0772. The van der Waals surface area contributed by atoms with Gasteiger partial charge in [-0.2, -0.15) is 0 Å². The Kier molecular flexibility index (Phi) is 7.40. The molecule has 6 atom stereocenters. The second-order valence-corrected chi connectivity index (χ2v) is 8.33. The van der Waals surface area contributed by atoms with Gasteiger partial charge in [0.15, 0.2) is 0 Å². The SMILES string of the molecule is CC(=NOC(=O)Nc1cccc(F)c1)C(C)C(C)C1CCC(C)C(C)C1C. The Morgan fingerprint density at radius 2 is 1.93 bits per heavy atom. The second-order valence-electron chi connectivity index (χ2n) is 8.33. The highest BCUT2D eigenvalue weighted by Crippen LogP contribution is 2.43. The van der Waals surface area contributed by atoms with Crippen LogP contribution in [0.25, 0.3) is 0 Å². The smallest absolute Gasteiger partial charge is 0.298 e. The van der Waals surface area contributed by atoms with Crippen LogP contribution in [0.5, 0.6) is 0 Å². The van der Waals surface area contributed by atoms with E-state index < -0.39 is 11.9 Å². The molecule has 1 saturated carbocycles. The number of amides is 1. The van der Waals surface area contributed by atoms with Crippen LogP contribution in [0.1, 0.15) is 54.4 Å². The molecule has 1 aromatic rings. The molecule has 5 heteroatoms. The van der Waals surface area contributed by atoms with Crippen molar-refractivity contribution >= 4 is 17.5 Å². The molecule has 1 fully saturated rings. The van der Waals surface area contributed by atoms with Crippen molar-refractivity contribution in [2.75, 3.05) is 5.32 Å². The van der Waals surface area contributed by atoms with Crippen LogP contribution in [0.2, 0.25) is 0 Å². The Morgan fingerprint density at radius 1 is 1.22 bits per heavy atom. The highest BCUT2D eigenvalue weighted by Gasteiger charge is 2.36. The summed E-state index contributed by atoms with van der Waals surface area (Å²) < 4.78 is 13.2. The molecule has 0 saturated heterocycles. The number of nitrogens with one attached hydrogen (secondary N) is 1. The Balaban J connectivity index is 1.93. The van der Waals surface area contributed by atoms with Gasteiger partial charge >= 0.3 is 6.09 Å². The van der Waals surface area contributed by atoms with E-state index in [-0.39, 0.29) is 5.92 Å². The van der Waals surface area contributed by atoms with Crippen LogP contribution >= 0.6 is 0 Å². The summed E-state index contributed by atoms with van der Waals surface area (Å²) in [5.41, 5.74) is 1.14. The summed E-state index contributed by atoms with van der Waals surface area (Å²) >= 11 is 0. The molecule has 1 aliphatic rings. The van der Waals surface area contributed by atoms with Gasteiger partial charge in [-0.15, -0.1) is 0 Å². The maximum Gasteiger partial charge on any atom is 0.437 e. The number of carbonyl (C=O) groups excluding carboxylic acids is 1. The summed E-state index contributed by atoms with van der Waals surface area (Å²) in [5.74, 6) is 3.11. The number of nitrogens with zero attached hydrogens (tertiary/aromatic N) is 1. The van der Waals surface area contributed by atoms with Crippen LogP contribution in [0, 0.1) is 41.3 Å². The summed E-state index contributed by atoms with van der Waals surface area (Å²) in [7, 11) is 0. The van der Waals surface area contributed by atoms with Crippen molar-refractivity contribution in [3.8, 4) is 0 Å². The average molecular weight is 377 g/mol. The highest BCUT2D eigenvalue weighted by molar-refractivity contribution is 5.87. The lowest BCUT2D eigenvalue weighted by Crippen LogP contribution is -2.36. The predicted molar refractivity (Wildman–Crippen MR) is 108 cm³/mol. The van der Waals surface area contributed by atoms with Gasteiger partial charge < -0.3 is 0 Å². The van der Waals surface area contributed by atoms with Crippen molar-refractivity contribution in [2.45, 2.75) is 54.4 Å². The van der Waals surface area contributed by atoms with E-state index in [9.17, 15) is 9.18 Å². The molecule has 0 aromatic heterocycles. The first-order valence-electron chi connectivity index (χ1n) is 9.98. The van der Waals surface area contributed by atoms with Crippen LogP contribution in [-0.4, -0.2) is 11.8 Å². The van der Waals surface area contributed by atoms with Crippen molar-refractivity contribution in [3.05, 3.63) is 30.1 Å². The third kappa shape index (κ3) is 5.53. The summed E-state index contributed by atoms with van der Waals surface area (Å²) in [6, 6.07) is 5.67. The zero-order valence-corrected chi connectivity index (χ0v) is 17.3. The van der Waals surface area contributed by atoms with Crippen LogP contribution in [-0.2, 0) is 4.84 Å². The standard InChI is InChI=1S/C22H33FN2O2/c1-13-10-11-21(16(4)14(13)2)17(5)15(3)18(6)25-27-22(26)24-20-9-7-8-19(23)12-20/h7-9,12-17,21H,10-11H2,1-6H3,(H,24,26).